The van der Waals surface area contributed by atoms with E-state index in [0.717, 1.165) is 16.7 Å². The maximum absolute atomic E-state index is 12.2. The summed E-state index contributed by atoms with van der Waals surface area (Å²) in [6.45, 7) is 7.77. The van der Waals surface area contributed by atoms with Crippen molar-refractivity contribution in [1.29, 1.82) is 0 Å². The van der Waals surface area contributed by atoms with Crippen molar-refractivity contribution in [3.05, 3.63) is 58.7 Å². The molecule has 1 amide bonds. The van der Waals surface area contributed by atoms with Gasteiger partial charge in [0.25, 0.3) is 5.91 Å². The maximum atomic E-state index is 12.2. The van der Waals surface area contributed by atoms with E-state index in [1.54, 1.807) is 13.0 Å². The van der Waals surface area contributed by atoms with Gasteiger partial charge < -0.3 is 15.2 Å². The molecule has 0 aromatic heterocycles. The summed E-state index contributed by atoms with van der Waals surface area (Å²) < 4.78 is 5.70. The van der Waals surface area contributed by atoms with Crippen LogP contribution in [-0.2, 0) is 4.79 Å². The summed E-state index contributed by atoms with van der Waals surface area (Å²) in [5, 5.41) is 11.8. The number of hydrogen-bond donors (Lipinski definition) is 2. The molecule has 25 heavy (non-hydrogen) atoms. The molecule has 132 valence electrons. The molecule has 0 fully saturated rings. The lowest BCUT2D eigenvalue weighted by Gasteiger charge is -2.15. The smallest absolute Gasteiger partial charge is 0.335 e. The van der Waals surface area contributed by atoms with Crippen LogP contribution in [0.3, 0.4) is 0 Å². The van der Waals surface area contributed by atoms with Crippen LogP contribution in [0.1, 0.15) is 46.8 Å². The van der Waals surface area contributed by atoms with Crippen LogP contribution in [0.25, 0.3) is 0 Å². The number of carboxylic acids is 1. The second-order valence-electron chi connectivity index (χ2n) is 6.37. The van der Waals surface area contributed by atoms with Crippen LogP contribution in [0.4, 0.5) is 5.69 Å². The van der Waals surface area contributed by atoms with Gasteiger partial charge >= 0.3 is 5.97 Å². The van der Waals surface area contributed by atoms with Crippen LogP contribution in [0.5, 0.6) is 5.75 Å². The summed E-state index contributed by atoms with van der Waals surface area (Å²) in [5.41, 5.74) is 3.49. The van der Waals surface area contributed by atoms with Crippen molar-refractivity contribution in [2.45, 2.75) is 33.6 Å². The number of nitrogens with one attached hydrogen (secondary N) is 1. The summed E-state index contributed by atoms with van der Waals surface area (Å²) in [6, 6.07) is 10.6. The lowest BCUT2D eigenvalue weighted by Crippen LogP contribution is -2.21. The zero-order valence-electron chi connectivity index (χ0n) is 14.9. The Hall–Kier alpha value is -2.82. The van der Waals surface area contributed by atoms with Crippen molar-refractivity contribution in [2.24, 2.45) is 0 Å². The van der Waals surface area contributed by atoms with Gasteiger partial charge in [-0.3, -0.25) is 4.79 Å². The van der Waals surface area contributed by atoms with Crippen LogP contribution in [0.2, 0.25) is 0 Å². The van der Waals surface area contributed by atoms with Gasteiger partial charge in [-0.15, -0.1) is 0 Å². The highest BCUT2D eigenvalue weighted by atomic mass is 16.5. The third kappa shape index (κ3) is 4.83. The van der Waals surface area contributed by atoms with Gasteiger partial charge in [-0.05, 0) is 54.7 Å². The largest absolute Gasteiger partial charge is 0.483 e. The maximum Gasteiger partial charge on any atom is 0.335 e. The van der Waals surface area contributed by atoms with Crippen molar-refractivity contribution >= 4 is 17.6 Å². The van der Waals surface area contributed by atoms with Crippen molar-refractivity contribution in [3.63, 3.8) is 0 Å². The Morgan fingerprint density at radius 2 is 1.84 bits per heavy atom. The number of carboxylic acid groups (broad SMARTS) is 1. The minimum absolute atomic E-state index is 0.127. The molecule has 0 aliphatic heterocycles. The number of carbonyl (C=O) groups excluding carboxylic acids is 1. The number of carbonyl (C=O) groups is 2. The summed E-state index contributed by atoms with van der Waals surface area (Å²) in [7, 11) is 0. The summed E-state index contributed by atoms with van der Waals surface area (Å²) >= 11 is 0. The molecule has 2 rings (SSSR count). The normalized spacial score (nSPS) is 10.6. The number of hydrogen-bond acceptors (Lipinski definition) is 3. The van der Waals surface area contributed by atoms with Crippen molar-refractivity contribution in [1.82, 2.24) is 0 Å². The number of anilines is 1. The molecular weight excluding hydrogens is 318 g/mol. The Balaban J connectivity index is 2.08. The Kier molecular flexibility index (Phi) is 5.80. The molecule has 0 heterocycles. The number of benzene rings is 2. The first-order valence-corrected chi connectivity index (χ1v) is 8.15. The van der Waals surface area contributed by atoms with Crippen LogP contribution in [0.15, 0.2) is 36.4 Å². The highest BCUT2D eigenvalue weighted by molar-refractivity contribution is 5.95. The number of ether oxygens (including phenoxy) is 1. The Morgan fingerprint density at radius 3 is 2.48 bits per heavy atom. The zero-order valence-corrected chi connectivity index (χ0v) is 14.9. The van der Waals surface area contributed by atoms with E-state index in [1.807, 2.05) is 25.1 Å². The minimum atomic E-state index is -1.03. The van der Waals surface area contributed by atoms with E-state index in [1.165, 1.54) is 12.1 Å². The van der Waals surface area contributed by atoms with Gasteiger partial charge in [0.1, 0.15) is 5.75 Å². The molecule has 0 spiro atoms. The molecule has 2 aromatic carbocycles. The van der Waals surface area contributed by atoms with Crippen molar-refractivity contribution < 1.29 is 19.4 Å². The molecule has 5 heteroatoms. The number of aryl methyl sites for hydroxylation is 2. The predicted molar refractivity (Wildman–Crippen MR) is 97.5 cm³/mol. The minimum Gasteiger partial charge on any atom is -0.483 e. The number of aromatic carboxylic acids is 1. The fraction of sp³-hybridized carbons (Fsp3) is 0.300. The van der Waals surface area contributed by atoms with Crippen LogP contribution in [0, 0.1) is 13.8 Å². The molecule has 0 bridgehead atoms. The van der Waals surface area contributed by atoms with Gasteiger partial charge in [0.2, 0.25) is 0 Å². The fourth-order valence-electron chi connectivity index (χ4n) is 2.46. The van der Waals surface area contributed by atoms with E-state index < -0.39 is 5.97 Å². The number of rotatable bonds is 6. The van der Waals surface area contributed by atoms with Crippen molar-refractivity contribution in [3.8, 4) is 5.75 Å². The average Bonchev–Trinajstić information content (AvgIpc) is 2.54. The lowest BCUT2D eigenvalue weighted by molar-refractivity contribution is -0.118. The first kappa shape index (κ1) is 18.5. The Morgan fingerprint density at radius 1 is 1.12 bits per heavy atom. The van der Waals surface area contributed by atoms with Gasteiger partial charge in [-0.1, -0.05) is 32.0 Å². The quantitative estimate of drug-likeness (QED) is 0.828. The molecule has 0 atom stereocenters. The monoisotopic (exact) mass is 341 g/mol. The lowest BCUT2D eigenvalue weighted by atomic mass is 10.0. The standard InChI is InChI=1S/C20H23NO4/c1-12(2)16-8-5-13(3)9-18(16)25-11-19(22)21-17-10-15(20(23)24)7-6-14(17)4/h5-10,12H,11H2,1-4H3,(H,21,22)(H,23,24). The fourth-order valence-corrected chi connectivity index (χ4v) is 2.46. The molecule has 0 saturated carbocycles. The predicted octanol–water partition coefficient (Wildman–Crippen LogP) is 4.14. The first-order chi connectivity index (χ1) is 11.8. The second kappa shape index (κ2) is 7.83. The molecule has 0 aliphatic rings. The SMILES string of the molecule is Cc1ccc(C(C)C)c(OCC(=O)Nc2cc(C(=O)O)ccc2C)c1. The van der Waals surface area contributed by atoms with E-state index >= 15 is 0 Å². The highest BCUT2D eigenvalue weighted by Gasteiger charge is 2.12. The van der Waals surface area contributed by atoms with E-state index in [-0.39, 0.29) is 24.0 Å². The molecule has 0 aliphatic carbocycles. The molecule has 0 unspecified atom stereocenters. The van der Waals surface area contributed by atoms with Gasteiger partial charge in [-0.25, -0.2) is 4.79 Å². The Bertz CT molecular complexity index is 796. The highest BCUT2D eigenvalue weighted by Crippen LogP contribution is 2.27. The van der Waals surface area contributed by atoms with Gasteiger partial charge in [0.05, 0.1) is 5.56 Å². The van der Waals surface area contributed by atoms with Gasteiger partial charge in [-0.2, -0.15) is 0 Å². The van der Waals surface area contributed by atoms with Crippen LogP contribution >= 0.6 is 0 Å². The third-order valence-corrected chi connectivity index (χ3v) is 3.91. The average molecular weight is 341 g/mol. The zero-order chi connectivity index (χ0) is 18.6. The molecule has 0 saturated heterocycles. The van der Waals surface area contributed by atoms with E-state index in [9.17, 15) is 9.59 Å². The van der Waals surface area contributed by atoms with Gasteiger partial charge in [0.15, 0.2) is 6.61 Å². The van der Waals surface area contributed by atoms with E-state index in [4.69, 9.17) is 9.84 Å². The molecule has 0 radical (unpaired) electrons. The topological polar surface area (TPSA) is 75.6 Å². The molecular formula is C20H23NO4. The summed E-state index contributed by atoms with van der Waals surface area (Å²) in [4.78, 5) is 23.3. The van der Waals surface area contributed by atoms with Crippen molar-refractivity contribution in [2.75, 3.05) is 11.9 Å². The van der Waals surface area contributed by atoms with Crippen LogP contribution in [-0.4, -0.2) is 23.6 Å². The van der Waals surface area contributed by atoms with E-state index in [0.29, 0.717) is 11.4 Å². The summed E-state index contributed by atoms with van der Waals surface area (Å²) in [5.74, 6) is -0.385. The Labute approximate surface area is 147 Å². The van der Waals surface area contributed by atoms with Gasteiger partial charge in [0, 0.05) is 5.69 Å². The van der Waals surface area contributed by atoms with Crippen LogP contribution < -0.4 is 10.1 Å². The summed E-state index contributed by atoms with van der Waals surface area (Å²) in [6.07, 6.45) is 0. The molecule has 5 nitrogen and oxygen atoms in total. The third-order valence-electron chi connectivity index (χ3n) is 3.91. The second-order valence-corrected chi connectivity index (χ2v) is 6.37. The molecule has 2 N–H and O–H groups in total. The number of amides is 1. The van der Waals surface area contributed by atoms with E-state index in [2.05, 4.69) is 19.2 Å². The first-order valence-electron chi connectivity index (χ1n) is 8.15. The molecule has 2 aromatic rings.